The molecule has 1 aliphatic rings. The normalized spacial score (nSPS) is 18.7. The topological polar surface area (TPSA) is 121 Å². The van der Waals surface area contributed by atoms with Crippen LogP contribution in [0, 0.1) is 18.8 Å². The first-order valence-electron chi connectivity index (χ1n) is 13.3. The number of para-hydroxylation sites is 1. The molecular formula is C29H34N6O3S. The number of benzene rings is 2. The van der Waals surface area contributed by atoms with E-state index < -0.39 is 6.09 Å². The molecule has 0 bridgehead atoms. The van der Waals surface area contributed by atoms with Crippen LogP contribution in [0.3, 0.4) is 0 Å². The molecule has 0 unspecified atom stereocenters. The molecule has 0 radical (unpaired) electrons. The molecule has 3 atom stereocenters. The number of thiazole rings is 1. The number of fused-ring (bicyclic) bond motifs is 1. The number of carbonyl (C=O) groups is 1. The molecule has 4 aromatic rings. The number of aliphatic hydroxyl groups is 1. The van der Waals surface area contributed by atoms with Crippen molar-refractivity contribution in [3.63, 3.8) is 0 Å². The Kier molecular flexibility index (Phi) is 8.53. The fraction of sp³-hybridized carbons (Fsp3) is 0.379. The average molecular weight is 547 g/mol. The number of hydrogen-bond donors (Lipinski definition) is 4. The summed E-state index contributed by atoms with van der Waals surface area (Å²) in [6, 6.07) is 17.8. The highest BCUT2D eigenvalue weighted by atomic mass is 32.1. The lowest BCUT2D eigenvalue weighted by Gasteiger charge is -2.21. The molecule has 4 N–H and O–H groups in total. The number of carbonyl (C=O) groups excluding carboxylic acids is 1. The van der Waals surface area contributed by atoms with Gasteiger partial charge in [-0.25, -0.2) is 14.8 Å². The first-order chi connectivity index (χ1) is 19.0. The molecule has 9 nitrogen and oxygen atoms in total. The van der Waals surface area contributed by atoms with Gasteiger partial charge in [-0.3, -0.25) is 0 Å². The number of nitrogens with one attached hydrogen (secondary N) is 3. The standard InChI is InChI=1S/C29H34N6O3S/c1-18-14-21(16-36)15-23(18)33-26-25(27-34-22-10-6-7-11-24(22)39-27)19(2)32-28(35-26)30-12-13-31-29(37)38-17-20-8-4-3-5-9-20/h3-11,18,21,23,36H,12-17H2,1-2H3,(H,31,37)(H2,30,32,33,35)/t18-,21-,23-/m1/s1. The van der Waals surface area contributed by atoms with Gasteiger partial charge in [-0.2, -0.15) is 4.98 Å². The molecule has 0 saturated heterocycles. The number of ether oxygens (including phenoxy) is 1. The zero-order valence-corrected chi connectivity index (χ0v) is 23.0. The maximum absolute atomic E-state index is 12.1. The van der Waals surface area contributed by atoms with Gasteiger partial charge in [0.05, 0.1) is 21.5 Å². The van der Waals surface area contributed by atoms with Crippen LogP contribution in [0.5, 0.6) is 0 Å². The predicted molar refractivity (Wildman–Crippen MR) is 155 cm³/mol. The van der Waals surface area contributed by atoms with E-state index in [1.807, 2.05) is 55.5 Å². The summed E-state index contributed by atoms with van der Waals surface area (Å²) in [7, 11) is 0. The smallest absolute Gasteiger partial charge is 0.407 e. The van der Waals surface area contributed by atoms with Gasteiger partial charge in [-0.15, -0.1) is 11.3 Å². The van der Waals surface area contributed by atoms with Gasteiger partial charge in [-0.1, -0.05) is 49.4 Å². The van der Waals surface area contributed by atoms with Gasteiger partial charge in [0, 0.05) is 25.7 Å². The van der Waals surface area contributed by atoms with Crippen molar-refractivity contribution in [1.82, 2.24) is 20.3 Å². The van der Waals surface area contributed by atoms with Crippen molar-refractivity contribution >= 4 is 39.4 Å². The van der Waals surface area contributed by atoms with E-state index in [4.69, 9.17) is 19.7 Å². The number of aliphatic hydroxyl groups excluding tert-OH is 1. The van der Waals surface area contributed by atoms with E-state index in [2.05, 4.69) is 28.9 Å². The maximum Gasteiger partial charge on any atom is 0.407 e. The second-order valence-corrected chi connectivity index (χ2v) is 11.0. The van der Waals surface area contributed by atoms with Gasteiger partial charge in [0.25, 0.3) is 0 Å². The second-order valence-electron chi connectivity index (χ2n) is 10.0. The van der Waals surface area contributed by atoms with Crippen molar-refractivity contribution in [2.24, 2.45) is 11.8 Å². The van der Waals surface area contributed by atoms with Crippen LogP contribution in [0.2, 0.25) is 0 Å². The zero-order chi connectivity index (χ0) is 27.2. The lowest BCUT2D eigenvalue weighted by Crippen LogP contribution is -2.29. The van der Waals surface area contributed by atoms with Crippen LogP contribution >= 0.6 is 11.3 Å². The quantitative estimate of drug-likeness (QED) is 0.200. The van der Waals surface area contributed by atoms with Crippen molar-refractivity contribution in [3.05, 3.63) is 65.9 Å². The van der Waals surface area contributed by atoms with Gasteiger partial charge >= 0.3 is 6.09 Å². The van der Waals surface area contributed by atoms with Crippen molar-refractivity contribution in [2.45, 2.75) is 39.3 Å². The van der Waals surface area contributed by atoms with Crippen LogP contribution in [0.15, 0.2) is 54.6 Å². The maximum atomic E-state index is 12.1. The Morgan fingerprint density at radius 2 is 1.85 bits per heavy atom. The molecule has 39 heavy (non-hydrogen) atoms. The third-order valence-corrected chi connectivity index (χ3v) is 8.10. The monoisotopic (exact) mass is 546 g/mol. The van der Waals surface area contributed by atoms with E-state index in [9.17, 15) is 9.90 Å². The summed E-state index contributed by atoms with van der Waals surface area (Å²) in [5.74, 6) is 1.90. The van der Waals surface area contributed by atoms with E-state index >= 15 is 0 Å². The number of amides is 1. The van der Waals surface area contributed by atoms with Gasteiger partial charge < -0.3 is 25.8 Å². The number of aryl methyl sites for hydroxylation is 1. The Labute approximate surface area is 232 Å². The molecular weight excluding hydrogens is 512 g/mol. The molecule has 2 aromatic heterocycles. The number of rotatable bonds is 10. The summed E-state index contributed by atoms with van der Waals surface area (Å²) in [6.45, 7) is 5.39. The Bertz CT molecular complexity index is 1380. The number of nitrogens with zero attached hydrogens (tertiary/aromatic N) is 3. The highest BCUT2D eigenvalue weighted by Crippen LogP contribution is 2.39. The highest BCUT2D eigenvalue weighted by Gasteiger charge is 2.32. The molecule has 204 valence electrons. The van der Waals surface area contributed by atoms with Crippen LogP contribution in [-0.4, -0.2) is 51.9 Å². The van der Waals surface area contributed by atoms with E-state index in [-0.39, 0.29) is 25.2 Å². The van der Waals surface area contributed by atoms with E-state index in [0.29, 0.717) is 25.0 Å². The third-order valence-electron chi connectivity index (χ3n) is 7.05. The van der Waals surface area contributed by atoms with Gasteiger partial charge in [-0.05, 0) is 49.3 Å². The minimum Gasteiger partial charge on any atom is -0.445 e. The average Bonchev–Trinajstić information content (AvgIpc) is 3.53. The molecule has 2 heterocycles. The van der Waals surface area contributed by atoms with Gasteiger partial charge in [0.1, 0.15) is 17.4 Å². The Morgan fingerprint density at radius 1 is 1.05 bits per heavy atom. The predicted octanol–water partition coefficient (Wildman–Crippen LogP) is 5.22. The molecule has 0 aliphatic heterocycles. The molecule has 1 saturated carbocycles. The Morgan fingerprint density at radius 3 is 2.62 bits per heavy atom. The summed E-state index contributed by atoms with van der Waals surface area (Å²) in [5.41, 5.74) is 3.59. The van der Waals surface area contributed by atoms with Gasteiger partial charge in [0.2, 0.25) is 5.95 Å². The molecule has 1 fully saturated rings. The number of hydrogen-bond acceptors (Lipinski definition) is 9. The molecule has 10 heteroatoms. The summed E-state index contributed by atoms with van der Waals surface area (Å²) >= 11 is 1.62. The third kappa shape index (κ3) is 6.63. The van der Waals surface area contributed by atoms with E-state index in [1.54, 1.807) is 11.3 Å². The van der Waals surface area contributed by atoms with Crippen molar-refractivity contribution in [2.75, 3.05) is 30.3 Å². The second kappa shape index (κ2) is 12.4. The summed E-state index contributed by atoms with van der Waals surface area (Å²) in [4.78, 5) is 26.5. The first kappa shape index (κ1) is 26.8. The van der Waals surface area contributed by atoms with Gasteiger partial charge in [0.15, 0.2) is 0 Å². The minimum atomic E-state index is -0.472. The number of alkyl carbamates (subject to hydrolysis) is 1. The van der Waals surface area contributed by atoms with Crippen LogP contribution in [0.4, 0.5) is 16.6 Å². The molecule has 2 aromatic carbocycles. The first-order valence-corrected chi connectivity index (χ1v) is 14.1. The fourth-order valence-electron chi connectivity index (χ4n) is 5.01. The van der Waals surface area contributed by atoms with Crippen molar-refractivity contribution in [1.29, 1.82) is 0 Å². The summed E-state index contributed by atoms with van der Waals surface area (Å²) in [5, 5.41) is 20.2. The van der Waals surface area contributed by atoms with E-state index in [1.165, 1.54) is 0 Å². The summed E-state index contributed by atoms with van der Waals surface area (Å²) < 4.78 is 6.38. The van der Waals surface area contributed by atoms with Crippen LogP contribution in [0.25, 0.3) is 20.8 Å². The lowest BCUT2D eigenvalue weighted by molar-refractivity contribution is 0.140. The van der Waals surface area contributed by atoms with Crippen molar-refractivity contribution < 1.29 is 14.6 Å². The van der Waals surface area contributed by atoms with E-state index in [0.717, 1.165) is 50.7 Å². The number of aromatic nitrogens is 3. The lowest BCUT2D eigenvalue weighted by atomic mass is 10.1. The highest BCUT2D eigenvalue weighted by molar-refractivity contribution is 7.21. The molecule has 1 amide bonds. The Balaban J connectivity index is 1.28. The zero-order valence-electron chi connectivity index (χ0n) is 22.2. The number of anilines is 2. The van der Waals surface area contributed by atoms with Crippen LogP contribution in [0.1, 0.15) is 31.0 Å². The minimum absolute atomic E-state index is 0.193. The molecule has 5 rings (SSSR count). The summed E-state index contributed by atoms with van der Waals surface area (Å²) in [6.07, 6.45) is 1.39. The largest absolute Gasteiger partial charge is 0.445 e. The van der Waals surface area contributed by atoms with Crippen molar-refractivity contribution in [3.8, 4) is 10.6 Å². The molecule has 0 spiro atoms. The van der Waals surface area contributed by atoms with Crippen LogP contribution in [-0.2, 0) is 11.3 Å². The SMILES string of the molecule is Cc1nc(NCCNC(=O)OCc2ccccc2)nc(N[C@@H]2C[C@H](CO)C[C@H]2C)c1-c1nc2ccccc2s1. The fourth-order valence-corrected chi connectivity index (χ4v) is 6.07. The van der Waals surface area contributed by atoms with Crippen LogP contribution < -0.4 is 16.0 Å². The molecule has 1 aliphatic carbocycles. The Hall–Kier alpha value is -3.76.